The Morgan fingerprint density at radius 1 is 1.38 bits per heavy atom. The van der Waals surface area contributed by atoms with E-state index in [-0.39, 0.29) is 13.0 Å². The SMILES string of the molecule is C.CNCc1nc2ccccc2c(=O)n1C. The molecule has 0 aliphatic heterocycles. The van der Waals surface area contributed by atoms with Crippen LogP contribution in [0.15, 0.2) is 29.1 Å². The van der Waals surface area contributed by atoms with Crippen LogP contribution in [0.1, 0.15) is 13.3 Å². The molecule has 0 aliphatic carbocycles. The van der Waals surface area contributed by atoms with Gasteiger partial charge in [0.2, 0.25) is 0 Å². The van der Waals surface area contributed by atoms with Crippen molar-refractivity contribution in [3.8, 4) is 0 Å². The lowest BCUT2D eigenvalue weighted by Gasteiger charge is -2.07. The average Bonchev–Trinajstić information content (AvgIpc) is 2.26. The first-order chi connectivity index (χ1) is 7.24. The fourth-order valence-electron chi connectivity index (χ4n) is 1.58. The highest BCUT2D eigenvalue weighted by Gasteiger charge is 2.05. The average molecular weight is 219 g/mol. The van der Waals surface area contributed by atoms with E-state index in [9.17, 15) is 4.79 Å². The molecule has 0 saturated heterocycles. The van der Waals surface area contributed by atoms with Gasteiger partial charge in [-0.2, -0.15) is 0 Å². The summed E-state index contributed by atoms with van der Waals surface area (Å²) < 4.78 is 1.58. The van der Waals surface area contributed by atoms with Crippen LogP contribution in [0.3, 0.4) is 0 Å². The van der Waals surface area contributed by atoms with Gasteiger partial charge in [0.05, 0.1) is 17.4 Å². The first kappa shape index (κ1) is 12.4. The van der Waals surface area contributed by atoms with E-state index in [1.54, 1.807) is 17.7 Å². The maximum absolute atomic E-state index is 11.9. The highest BCUT2D eigenvalue weighted by Crippen LogP contribution is 2.06. The van der Waals surface area contributed by atoms with Crippen molar-refractivity contribution in [3.05, 3.63) is 40.4 Å². The number of hydrogen-bond donors (Lipinski definition) is 1. The predicted octanol–water partition coefficient (Wildman–Crippen LogP) is 1.29. The smallest absolute Gasteiger partial charge is 0.261 e. The number of nitrogens with zero attached hydrogens (tertiary/aromatic N) is 2. The molecule has 1 aromatic heterocycles. The summed E-state index contributed by atoms with van der Waals surface area (Å²) in [5.41, 5.74) is 0.761. The lowest BCUT2D eigenvalue weighted by Crippen LogP contribution is -2.25. The number of para-hydroxylation sites is 1. The molecule has 0 bridgehead atoms. The van der Waals surface area contributed by atoms with Crippen LogP contribution in [0.4, 0.5) is 0 Å². The zero-order valence-electron chi connectivity index (χ0n) is 8.82. The Morgan fingerprint density at radius 3 is 2.75 bits per heavy atom. The predicted molar refractivity (Wildman–Crippen MR) is 66.5 cm³/mol. The van der Waals surface area contributed by atoms with Gasteiger partial charge in [-0.05, 0) is 19.2 Å². The molecule has 1 aromatic carbocycles. The maximum atomic E-state index is 11.9. The molecule has 0 aliphatic rings. The van der Waals surface area contributed by atoms with Crippen molar-refractivity contribution >= 4 is 10.9 Å². The Bertz CT molecular complexity index is 545. The van der Waals surface area contributed by atoms with Crippen LogP contribution in [0.5, 0.6) is 0 Å². The molecule has 1 heterocycles. The molecule has 0 atom stereocenters. The lowest BCUT2D eigenvalue weighted by molar-refractivity contribution is 0.679. The van der Waals surface area contributed by atoms with Crippen molar-refractivity contribution in [2.75, 3.05) is 7.05 Å². The van der Waals surface area contributed by atoms with Crippen LogP contribution in [-0.4, -0.2) is 16.6 Å². The second kappa shape index (κ2) is 4.90. The number of aromatic nitrogens is 2. The van der Waals surface area contributed by atoms with Gasteiger partial charge in [0.1, 0.15) is 5.82 Å². The summed E-state index contributed by atoms with van der Waals surface area (Å²) in [7, 11) is 3.58. The van der Waals surface area contributed by atoms with E-state index in [0.29, 0.717) is 11.9 Å². The van der Waals surface area contributed by atoms with Crippen molar-refractivity contribution in [1.29, 1.82) is 0 Å². The lowest BCUT2D eigenvalue weighted by atomic mass is 10.2. The van der Waals surface area contributed by atoms with E-state index < -0.39 is 0 Å². The van der Waals surface area contributed by atoms with Gasteiger partial charge >= 0.3 is 0 Å². The molecule has 0 spiro atoms. The van der Waals surface area contributed by atoms with Crippen LogP contribution in [0.2, 0.25) is 0 Å². The minimum atomic E-state index is 0. The van der Waals surface area contributed by atoms with Gasteiger partial charge in [-0.1, -0.05) is 19.6 Å². The van der Waals surface area contributed by atoms with E-state index in [4.69, 9.17) is 0 Å². The molecule has 16 heavy (non-hydrogen) atoms. The first-order valence-corrected chi connectivity index (χ1v) is 4.83. The number of rotatable bonds is 2. The second-order valence-electron chi connectivity index (χ2n) is 3.44. The summed E-state index contributed by atoms with van der Waals surface area (Å²) >= 11 is 0. The van der Waals surface area contributed by atoms with Crippen molar-refractivity contribution in [2.24, 2.45) is 7.05 Å². The van der Waals surface area contributed by atoms with E-state index in [1.807, 2.05) is 25.2 Å². The van der Waals surface area contributed by atoms with E-state index >= 15 is 0 Å². The molecule has 0 saturated carbocycles. The number of fused-ring (bicyclic) bond motifs is 1. The summed E-state index contributed by atoms with van der Waals surface area (Å²) in [6.45, 7) is 0.594. The summed E-state index contributed by atoms with van der Waals surface area (Å²) in [5, 5.41) is 3.66. The van der Waals surface area contributed by atoms with Gasteiger partial charge in [0, 0.05) is 7.05 Å². The fourth-order valence-corrected chi connectivity index (χ4v) is 1.58. The Labute approximate surface area is 94.9 Å². The second-order valence-corrected chi connectivity index (χ2v) is 3.44. The zero-order valence-corrected chi connectivity index (χ0v) is 8.82. The van der Waals surface area contributed by atoms with Crippen molar-refractivity contribution in [3.63, 3.8) is 0 Å². The summed E-state index contributed by atoms with van der Waals surface area (Å²) in [6, 6.07) is 7.39. The Kier molecular flexibility index (Phi) is 3.79. The third kappa shape index (κ3) is 1.97. The van der Waals surface area contributed by atoms with Gasteiger partial charge in [-0.25, -0.2) is 4.98 Å². The third-order valence-electron chi connectivity index (χ3n) is 2.41. The Balaban J connectivity index is 0.00000128. The fraction of sp³-hybridized carbons (Fsp3) is 0.333. The minimum Gasteiger partial charge on any atom is -0.313 e. The Hall–Kier alpha value is -1.68. The zero-order chi connectivity index (χ0) is 10.8. The minimum absolute atomic E-state index is 0. The molecule has 0 amide bonds. The topological polar surface area (TPSA) is 46.9 Å². The van der Waals surface area contributed by atoms with E-state index in [1.165, 1.54) is 0 Å². The quantitative estimate of drug-likeness (QED) is 0.828. The highest BCUT2D eigenvalue weighted by molar-refractivity contribution is 5.77. The van der Waals surface area contributed by atoms with Crippen LogP contribution in [-0.2, 0) is 13.6 Å². The van der Waals surface area contributed by atoms with Gasteiger partial charge in [-0.15, -0.1) is 0 Å². The number of nitrogens with one attached hydrogen (secondary N) is 1. The monoisotopic (exact) mass is 219 g/mol. The molecule has 0 radical (unpaired) electrons. The maximum Gasteiger partial charge on any atom is 0.261 e. The molecule has 4 heteroatoms. The summed E-state index contributed by atoms with van der Waals surface area (Å²) in [6.07, 6.45) is 0. The first-order valence-electron chi connectivity index (χ1n) is 4.83. The van der Waals surface area contributed by atoms with Gasteiger partial charge in [-0.3, -0.25) is 9.36 Å². The number of hydrogen-bond acceptors (Lipinski definition) is 3. The molecule has 0 fully saturated rings. The van der Waals surface area contributed by atoms with Crippen molar-refractivity contribution in [2.45, 2.75) is 14.0 Å². The van der Waals surface area contributed by atoms with E-state index in [0.717, 1.165) is 11.3 Å². The Morgan fingerprint density at radius 2 is 2.06 bits per heavy atom. The van der Waals surface area contributed by atoms with Crippen LogP contribution < -0.4 is 10.9 Å². The molecule has 0 unspecified atom stereocenters. The van der Waals surface area contributed by atoms with E-state index in [2.05, 4.69) is 10.3 Å². The molecule has 2 rings (SSSR count). The van der Waals surface area contributed by atoms with Gasteiger partial charge in [0.15, 0.2) is 0 Å². The van der Waals surface area contributed by atoms with Crippen molar-refractivity contribution in [1.82, 2.24) is 14.9 Å². The highest BCUT2D eigenvalue weighted by atomic mass is 16.1. The molecular formula is C12H17N3O. The molecule has 1 N–H and O–H groups in total. The van der Waals surface area contributed by atoms with Gasteiger partial charge < -0.3 is 5.32 Å². The van der Waals surface area contributed by atoms with Crippen LogP contribution >= 0.6 is 0 Å². The molecular weight excluding hydrogens is 202 g/mol. The molecule has 4 nitrogen and oxygen atoms in total. The van der Waals surface area contributed by atoms with Crippen molar-refractivity contribution < 1.29 is 0 Å². The summed E-state index contributed by atoms with van der Waals surface area (Å²) in [4.78, 5) is 16.3. The molecule has 86 valence electrons. The standard InChI is InChI=1S/C11H13N3O.CH4/c1-12-7-10-13-9-6-4-3-5-8(9)11(15)14(10)2;/h3-6,12H,7H2,1-2H3;1H4. The third-order valence-corrected chi connectivity index (χ3v) is 2.41. The van der Waals surface area contributed by atoms with Gasteiger partial charge in [0.25, 0.3) is 5.56 Å². The number of benzene rings is 1. The van der Waals surface area contributed by atoms with Crippen LogP contribution in [0, 0.1) is 0 Å². The summed E-state index contributed by atoms with van der Waals surface area (Å²) in [5.74, 6) is 0.751. The normalized spacial score (nSPS) is 10.1. The van der Waals surface area contributed by atoms with Crippen LogP contribution in [0.25, 0.3) is 10.9 Å². The largest absolute Gasteiger partial charge is 0.313 e. The molecule has 2 aromatic rings.